The smallest absolute Gasteiger partial charge is 0.139 e. The van der Waals surface area contributed by atoms with Crippen molar-refractivity contribution >= 4 is 67.8 Å². The summed E-state index contributed by atoms with van der Waals surface area (Å²) in [6.07, 6.45) is 4.69. The van der Waals surface area contributed by atoms with Crippen LogP contribution in [0.2, 0.25) is 0 Å². The Morgan fingerprint density at radius 2 is 2.10 bits per heavy atom. The standard InChI is InChI=1S/C6H5I3O/c7-4-1-5(8)3-6(9,10)2-4/h1-2,10H,3H2. The Hall–Kier alpha value is 1.63. The van der Waals surface area contributed by atoms with E-state index in [1.165, 1.54) is 3.58 Å². The minimum atomic E-state index is -0.653. The molecule has 1 rings (SSSR count). The maximum atomic E-state index is 9.58. The highest BCUT2D eigenvalue weighted by atomic mass is 127. The van der Waals surface area contributed by atoms with Gasteiger partial charge in [-0.2, -0.15) is 0 Å². The van der Waals surface area contributed by atoms with Crippen LogP contribution < -0.4 is 0 Å². The van der Waals surface area contributed by atoms with Crippen LogP contribution in [0.5, 0.6) is 0 Å². The van der Waals surface area contributed by atoms with Gasteiger partial charge in [-0.1, -0.05) is 0 Å². The van der Waals surface area contributed by atoms with Crippen molar-refractivity contribution in [3.05, 3.63) is 19.3 Å². The molecule has 56 valence electrons. The van der Waals surface area contributed by atoms with Gasteiger partial charge in [0.2, 0.25) is 0 Å². The highest BCUT2D eigenvalue weighted by Crippen LogP contribution is 2.36. The number of halogens is 3. The molecule has 4 heteroatoms. The summed E-state index contributed by atoms with van der Waals surface area (Å²) in [5.41, 5.74) is 0. The molecule has 0 saturated carbocycles. The molecule has 0 saturated heterocycles. The summed E-state index contributed by atoms with van der Waals surface area (Å²) in [7, 11) is 0. The zero-order valence-corrected chi connectivity index (χ0v) is 11.4. The third-order valence-corrected chi connectivity index (χ3v) is 3.08. The Kier molecular flexibility index (Phi) is 3.46. The number of rotatable bonds is 0. The van der Waals surface area contributed by atoms with Crippen LogP contribution in [-0.4, -0.2) is 8.71 Å². The van der Waals surface area contributed by atoms with Crippen molar-refractivity contribution in [2.75, 3.05) is 0 Å². The van der Waals surface area contributed by atoms with Gasteiger partial charge in [-0.3, -0.25) is 0 Å². The van der Waals surface area contributed by atoms with Gasteiger partial charge in [0.1, 0.15) is 3.61 Å². The summed E-state index contributed by atoms with van der Waals surface area (Å²) in [5, 5.41) is 9.58. The first kappa shape index (κ1) is 9.72. The van der Waals surface area contributed by atoms with Crippen LogP contribution in [0.3, 0.4) is 0 Å². The van der Waals surface area contributed by atoms with Crippen molar-refractivity contribution < 1.29 is 5.11 Å². The van der Waals surface area contributed by atoms with E-state index in [1.807, 2.05) is 6.08 Å². The molecular weight excluding hydrogens is 469 g/mol. The predicted molar refractivity (Wildman–Crippen MR) is 67.8 cm³/mol. The first-order chi connectivity index (χ1) is 4.49. The maximum absolute atomic E-state index is 9.58. The highest BCUT2D eigenvalue weighted by molar-refractivity contribution is 14.1. The van der Waals surface area contributed by atoms with Crippen LogP contribution in [0.1, 0.15) is 6.42 Å². The van der Waals surface area contributed by atoms with Crippen LogP contribution in [0.15, 0.2) is 19.3 Å². The number of alkyl halides is 1. The van der Waals surface area contributed by atoms with Crippen LogP contribution in [0.25, 0.3) is 0 Å². The van der Waals surface area contributed by atoms with Gasteiger partial charge in [0.25, 0.3) is 0 Å². The fourth-order valence-electron chi connectivity index (χ4n) is 0.741. The van der Waals surface area contributed by atoms with E-state index in [0.29, 0.717) is 0 Å². The fourth-order valence-corrected chi connectivity index (χ4v) is 5.22. The summed E-state index contributed by atoms with van der Waals surface area (Å²) in [6, 6.07) is 0. The van der Waals surface area contributed by atoms with E-state index in [4.69, 9.17) is 0 Å². The topological polar surface area (TPSA) is 20.2 Å². The molecule has 0 amide bonds. The van der Waals surface area contributed by atoms with Crippen LogP contribution >= 0.6 is 67.8 Å². The van der Waals surface area contributed by atoms with Crippen molar-refractivity contribution in [2.24, 2.45) is 0 Å². The molecule has 1 aliphatic carbocycles. The van der Waals surface area contributed by atoms with E-state index in [0.717, 1.165) is 10.0 Å². The molecule has 0 bridgehead atoms. The normalized spacial score (nSPS) is 33.2. The third kappa shape index (κ3) is 2.94. The molecule has 0 fully saturated rings. The molecule has 0 aromatic rings. The molecule has 1 aliphatic rings. The molecule has 0 heterocycles. The Bertz CT molecular complexity index is 205. The number of aliphatic hydroxyl groups is 1. The Balaban J connectivity index is 2.88. The van der Waals surface area contributed by atoms with E-state index in [-0.39, 0.29) is 0 Å². The summed E-state index contributed by atoms with van der Waals surface area (Å²) in [5.74, 6) is 0. The molecule has 1 nitrogen and oxygen atoms in total. The average molecular weight is 474 g/mol. The van der Waals surface area contributed by atoms with E-state index < -0.39 is 3.61 Å². The van der Waals surface area contributed by atoms with Crippen molar-refractivity contribution in [3.8, 4) is 0 Å². The van der Waals surface area contributed by atoms with Crippen molar-refractivity contribution in [2.45, 2.75) is 10.0 Å². The van der Waals surface area contributed by atoms with E-state index in [9.17, 15) is 5.11 Å². The lowest BCUT2D eigenvalue weighted by Crippen LogP contribution is -2.18. The summed E-state index contributed by atoms with van der Waals surface area (Å²) in [6.45, 7) is 0. The quantitative estimate of drug-likeness (QED) is 0.423. The minimum Gasteiger partial charge on any atom is -0.376 e. The average Bonchev–Trinajstić information content (AvgIpc) is 1.54. The van der Waals surface area contributed by atoms with Gasteiger partial charge in [-0.15, -0.1) is 0 Å². The largest absolute Gasteiger partial charge is 0.376 e. The molecule has 1 N–H and O–H groups in total. The summed E-state index contributed by atoms with van der Waals surface area (Å²) >= 11 is 6.51. The number of hydrogen-bond donors (Lipinski definition) is 1. The van der Waals surface area contributed by atoms with Crippen molar-refractivity contribution in [1.82, 2.24) is 0 Å². The van der Waals surface area contributed by atoms with E-state index >= 15 is 0 Å². The molecule has 0 spiro atoms. The highest BCUT2D eigenvalue weighted by Gasteiger charge is 2.23. The van der Waals surface area contributed by atoms with Crippen molar-refractivity contribution in [3.63, 3.8) is 0 Å². The van der Waals surface area contributed by atoms with Gasteiger partial charge in [0.15, 0.2) is 0 Å². The molecular formula is C6H5I3O. The van der Waals surface area contributed by atoms with Gasteiger partial charge in [-0.25, -0.2) is 0 Å². The molecule has 0 aromatic heterocycles. The van der Waals surface area contributed by atoms with E-state index in [2.05, 4.69) is 73.8 Å². The number of allylic oxidation sites excluding steroid dienone is 2. The van der Waals surface area contributed by atoms with Gasteiger partial charge in [0.05, 0.1) is 0 Å². The van der Waals surface area contributed by atoms with Crippen LogP contribution in [0, 0.1) is 0 Å². The van der Waals surface area contributed by atoms with E-state index in [1.54, 1.807) is 0 Å². The molecule has 0 radical (unpaired) electrons. The second-order valence-corrected chi connectivity index (χ2v) is 6.62. The van der Waals surface area contributed by atoms with Gasteiger partial charge < -0.3 is 5.11 Å². The molecule has 10 heavy (non-hydrogen) atoms. The predicted octanol–water partition coefficient (Wildman–Crippen LogP) is 3.15. The Morgan fingerprint density at radius 1 is 1.50 bits per heavy atom. The van der Waals surface area contributed by atoms with Crippen molar-refractivity contribution in [1.29, 1.82) is 0 Å². The molecule has 1 atom stereocenters. The molecule has 0 aromatic carbocycles. The molecule has 0 aliphatic heterocycles. The van der Waals surface area contributed by atoms with Gasteiger partial charge in [-0.05, 0) is 83.5 Å². The fraction of sp³-hybridized carbons (Fsp3) is 0.333. The summed E-state index contributed by atoms with van der Waals surface area (Å²) in [4.78, 5) is 0. The third-order valence-electron chi connectivity index (χ3n) is 1.07. The SMILES string of the molecule is OC1(I)C=C(I)C=C(I)C1. The molecule has 1 unspecified atom stereocenters. The lowest BCUT2D eigenvalue weighted by Gasteiger charge is -2.20. The first-order valence-corrected chi connectivity index (χ1v) is 5.89. The summed E-state index contributed by atoms with van der Waals surface area (Å²) < 4.78 is 1.67. The lowest BCUT2D eigenvalue weighted by molar-refractivity contribution is 0.207. The van der Waals surface area contributed by atoms with Crippen LogP contribution in [-0.2, 0) is 0 Å². The second-order valence-electron chi connectivity index (χ2n) is 2.12. The Labute approximate surface area is 101 Å². The zero-order chi connectivity index (χ0) is 7.78. The zero-order valence-electron chi connectivity index (χ0n) is 4.94. The second kappa shape index (κ2) is 3.56. The number of hydrogen-bond acceptors (Lipinski definition) is 1. The first-order valence-electron chi connectivity index (χ1n) is 2.65. The lowest BCUT2D eigenvalue weighted by atomic mass is 10.1. The monoisotopic (exact) mass is 474 g/mol. The van der Waals surface area contributed by atoms with Gasteiger partial charge in [0, 0.05) is 10.0 Å². The van der Waals surface area contributed by atoms with Crippen LogP contribution in [0.4, 0.5) is 0 Å². The van der Waals surface area contributed by atoms with Gasteiger partial charge >= 0.3 is 0 Å². The maximum Gasteiger partial charge on any atom is 0.139 e. The Morgan fingerprint density at radius 3 is 2.50 bits per heavy atom. The minimum absolute atomic E-state index is 0.653.